The first-order valence-electron chi connectivity index (χ1n) is 7.76. The summed E-state index contributed by atoms with van der Waals surface area (Å²) in [7, 11) is -3.44. The molecule has 0 saturated heterocycles. The van der Waals surface area contributed by atoms with Crippen LogP contribution in [-0.4, -0.2) is 20.6 Å². The van der Waals surface area contributed by atoms with E-state index >= 15 is 0 Å². The minimum Gasteiger partial charge on any atom is -0.321 e. The van der Waals surface area contributed by atoms with Crippen molar-refractivity contribution in [1.29, 1.82) is 0 Å². The Kier molecular flexibility index (Phi) is 5.75. The molecule has 0 aliphatic carbocycles. The van der Waals surface area contributed by atoms with E-state index in [1.807, 2.05) is 25.1 Å². The molecule has 0 fully saturated rings. The second kappa shape index (κ2) is 7.45. The van der Waals surface area contributed by atoms with E-state index in [-0.39, 0.29) is 22.5 Å². The van der Waals surface area contributed by atoms with Gasteiger partial charge < -0.3 is 5.32 Å². The molecule has 0 unspecified atom stereocenters. The molecule has 2 aromatic rings. The summed E-state index contributed by atoms with van der Waals surface area (Å²) >= 11 is 6.09. The monoisotopic (exact) mass is 380 g/mol. The lowest BCUT2D eigenvalue weighted by Crippen LogP contribution is -2.15. The van der Waals surface area contributed by atoms with Gasteiger partial charge in [-0.15, -0.1) is 0 Å². The number of hydrogen-bond donors (Lipinski definition) is 2. The lowest BCUT2D eigenvalue weighted by molar-refractivity contribution is 0.102. The highest BCUT2D eigenvalue weighted by atomic mass is 35.5. The summed E-state index contributed by atoms with van der Waals surface area (Å²) in [6.45, 7) is 6.06. The van der Waals surface area contributed by atoms with Crippen LogP contribution in [0.3, 0.4) is 0 Å². The summed E-state index contributed by atoms with van der Waals surface area (Å²) in [5.74, 6) is -0.0378. The molecule has 0 bridgehead atoms. The van der Waals surface area contributed by atoms with Crippen LogP contribution in [0.15, 0.2) is 36.4 Å². The van der Waals surface area contributed by atoms with Crippen molar-refractivity contribution in [2.75, 3.05) is 16.3 Å². The molecule has 5 nitrogen and oxygen atoms in total. The van der Waals surface area contributed by atoms with Crippen molar-refractivity contribution in [3.63, 3.8) is 0 Å². The highest BCUT2D eigenvalue weighted by molar-refractivity contribution is 7.92. The van der Waals surface area contributed by atoms with Crippen LogP contribution in [-0.2, 0) is 10.0 Å². The zero-order chi connectivity index (χ0) is 18.8. The van der Waals surface area contributed by atoms with Gasteiger partial charge in [0.05, 0.1) is 17.0 Å². The second-order valence-corrected chi connectivity index (χ2v) is 8.37. The molecule has 0 radical (unpaired) electrons. The molecule has 0 aliphatic rings. The lowest BCUT2D eigenvalue weighted by atomic mass is 9.98. The molecule has 134 valence electrons. The molecule has 2 aromatic carbocycles. The molecule has 0 atom stereocenters. The first-order chi connectivity index (χ1) is 11.6. The Bertz CT molecular complexity index is 909. The molecular weight excluding hydrogens is 360 g/mol. The number of hydrogen-bond acceptors (Lipinski definition) is 3. The zero-order valence-corrected chi connectivity index (χ0v) is 16.1. The molecular formula is C18H21ClN2O3S. The number of halogens is 1. The summed E-state index contributed by atoms with van der Waals surface area (Å²) in [6.07, 6.45) is 1.04. The van der Waals surface area contributed by atoms with Crippen LogP contribution in [0, 0.1) is 6.92 Å². The maximum atomic E-state index is 12.6. The number of aryl methyl sites for hydroxylation is 1. The molecule has 25 heavy (non-hydrogen) atoms. The third-order valence-corrected chi connectivity index (χ3v) is 4.60. The Morgan fingerprint density at radius 2 is 1.84 bits per heavy atom. The first-order valence-corrected chi connectivity index (χ1v) is 10.0. The molecule has 0 saturated carbocycles. The summed E-state index contributed by atoms with van der Waals surface area (Å²) in [6, 6.07) is 10.3. The average molecular weight is 381 g/mol. The van der Waals surface area contributed by atoms with Gasteiger partial charge in [-0.3, -0.25) is 9.52 Å². The van der Waals surface area contributed by atoms with E-state index in [0.717, 1.165) is 23.1 Å². The van der Waals surface area contributed by atoms with Crippen LogP contribution in [0.4, 0.5) is 11.4 Å². The summed E-state index contributed by atoms with van der Waals surface area (Å²) in [4.78, 5) is 12.6. The van der Waals surface area contributed by atoms with Crippen LogP contribution in [0.25, 0.3) is 0 Å². The smallest absolute Gasteiger partial charge is 0.255 e. The number of benzene rings is 2. The Balaban J connectivity index is 2.30. The predicted octanol–water partition coefficient (Wildman–Crippen LogP) is 4.40. The third kappa shape index (κ3) is 4.96. The van der Waals surface area contributed by atoms with Crippen LogP contribution in [0.2, 0.25) is 5.02 Å². The Morgan fingerprint density at radius 3 is 2.40 bits per heavy atom. The van der Waals surface area contributed by atoms with Gasteiger partial charge in [0.1, 0.15) is 0 Å². The molecule has 1 amide bonds. The zero-order valence-electron chi connectivity index (χ0n) is 14.6. The molecule has 2 rings (SSSR count). The summed E-state index contributed by atoms with van der Waals surface area (Å²) in [5, 5.41) is 3.09. The van der Waals surface area contributed by atoms with Gasteiger partial charge in [0.2, 0.25) is 10.0 Å². The fourth-order valence-corrected chi connectivity index (χ4v) is 3.33. The van der Waals surface area contributed by atoms with Crippen molar-refractivity contribution in [2.24, 2.45) is 0 Å². The number of sulfonamides is 1. The average Bonchev–Trinajstić information content (AvgIpc) is 2.49. The first kappa shape index (κ1) is 19.3. The SMILES string of the molecule is Cc1cccc(C(C)C)c1NC(=O)c1ccc(NS(C)(=O)=O)c(Cl)c1. The molecule has 0 aromatic heterocycles. The van der Waals surface area contributed by atoms with Crippen molar-refractivity contribution < 1.29 is 13.2 Å². The number of nitrogens with one attached hydrogen (secondary N) is 2. The highest BCUT2D eigenvalue weighted by Gasteiger charge is 2.15. The van der Waals surface area contributed by atoms with Crippen molar-refractivity contribution in [1.82, 2.24) is 0 Å². The van der Waals surface area contributed by atoms with Gasteiger partial charge in [-0.05, 0) is 42.2 Å². The van der Waals surface area contributed by atoms with Crippen molar-refractivity contribution >= 4 is 38.9 Å². The fourth-order valence-electron chi connectivity index (χ4n) is 2.47. The van der Waals surface area contributed by atoms with E-state index in [9.17, 15) is 13.2 Å². The minimum atomic E-state index is -3.44. The van der Waals surface area contributed by atoms with Gasteiger partial charge >= 0.3 is 0 Å². The largest absolute Gasteiger partial charge is 0.321 e. The van der Waals surface area contributed by atoms with Crippen LogP contribution in [0.1, 0.15) is 41.3 Å². The number of carbonyl (C=O) groups excluding carboxylic acids is 1. The summed E-state index contributed by atoms with van der Waals surface area (Å²) < 4.78 is 24.9. The molecule has 0 aliphatic heterocycles. The number of para-hydroxylation sites is 1. The topological polar surface area (TPSA) is 75.3 Å². The van der Waals surface area contributed by atoms with Gasteiger partial charge in [-0.1, -0.05) is 43.6 Å². The maximum Gasteiger partial charge on any atom is 0.255 e. The molecule has 0 heterocycles. The van der Waals surface area contributed by atoms with Crippen LogP contribution in [0.5, 0.6) is 0 Å². The van der Waals surface area contributed by atoms with E-state index in [1.165, 1.54) is 18.2 Å². The fraction of sp³-hybridized carbons (Fsp3) is 0.278. The van der Waals surface area contributed by atoms with Gasteiger partial charge in [-0.2, -0.15) is 0 Å². The van der Waals surface area contributed by atoms with Crippen molar-refractivity contribution in [2.45, 2.75) is 26.7 Å². The Morgan fingerprint density at radius 1 is 1.16 bits per heavy atom. The molecule has 2 N–H and O–H groups in total. The lowest BCUT2D eigenvalue weighted by Gasteiger charge is -2.16. The Hall–Kier alpha value is -2.05. The van der Waals surface area contributed by atoms with E-state index in [4.69, 9.17) is 11.6 Å². The standard InChI is InChI=1S/C18H21ClN2O3S/c1-11(2)14-7-5-6-12(3)17(14)20-18(22)13-8-9-16(15(19)10-13)21-25(4,23)24/h5-11,21H,1-4H3,(H,20,22). The normalized spacial score (nSPS) is 11.4. The van der Waals surface area contributed by atoms with E-state index in [0.29, 0.717) is 5.56 Å². The van der Waals surface area contributed by atoms with E-state index in [2.05, 4.69) is 23.9 Å². The maximum absolute atomic E-state index is 12.6. The predicted molar refractivity (Wildman–Crippen MR) is 103 cm³/mol. The van der Waals surface area contributed by atoms with Crippen LogP contribution >= 0.6 is 11.6 Å². The summed E-state index contributed by atoms with van der Waals surface area (Å²) in [5.41, 5.74) is 3.40. The third-order valence-electron chi connectivity index (χ3n) is 3.69. The Labute approximate surface area is 153 Å². The number of rotatable bonds is 5. The van der Waals surface area contributed by atoms with Gasteiger partial charge in [0.25, 0.3) is 5.91 Å². The van der Waals surface area contributed by atoms with Gasteiger partial charge in [0, 0.05) is 11.3 Å². The number of carbonyl (C=O) groups is 1. The van der Waals surface area contributed by atoms with Crippen LogP contribution < -0.4 is 10.0 Å². The molecule has 0 spiro atoms. The quantitative estimate of drug-likeness (QED) is 0.807. The van der Waals surface area contributed by atoms with Crippen molar-refractivity contribution in [3.8, 4) is 0 Å². The minimum absolute atomic E-state index is 0.159. The number of anilines is 2. The number of amides is 1. The van der Waals surface area contributed by atoms with Gasteiger partial charge in [-0.25, -0.2) is 8.42 Å². The van der Waals surface area contributed by atoms with Crippen molar-refractivity contribution in [3.05, 3.63) is 58.1 Å². The van der Waals surface area contributed by atoms with E-state index < -0.39 is 10.0 Å². The molecule has 7 heteroatoms. The highest BCUT2D eigenvalue weighted by Crippen LogP contribution is 2.29. The van der Waals surface area contributed by atoms with Gasteiger partial charge in [0.15, 0.2) is 0 Å². The second-order valence-electron chi connectivity index (χ2n) is 6.22. The van der Waals surface area contributed by atoms with E-state index in [1.54, 1.807) is 0 Å².